The highest BCUT2D eigenvalue weighted by molar-refractivity contribution is 6.31. The average molecular weight is 512 g/mol. The molecule has 4 atom stereocenters. The Labute approximate surface area is 209 Å². The maximum Gasteiger partial charge on any atom is 0.321 e. The summed E-state index contributed by atoms with van der Waals surface area (Å²) in [7, 11) is 0. The van der Waals surface area contributed by atoms with Gasteiger partial charge in [0.15, 0.2) is 5.83 Å². The summed E-state index contributed by atoms with van der Waals surface area (Å²) in [6, 6.07) is 4.08. The summed E-state index contributed by atoms with van der Waals surface area (Å²) in [5, 5.41) is 28.5. The molecular formula is C25H32Cl2FN3O3. The van der Waals surface area contributed by atoms with Crippen LogP contribution in [0.1, 0.15) is 58.4 Å². The lowest BCUT2D eigenvalue weighted by Crippen LogP contribution is -2.63. The molecule has 1 saturated carbocycles. The van der Waals surface area contributed by atoms with Crippen LogP contribution in [-0.2, 0) is 10.2 Å². The number of allylic oxidation sites excluding steroid dienone is 2. The van der Waals surface area contributed by atoms with E-state index < -0.39 is 46.1 Å². The van der Waals surface area contributed by atoms with Gasteiger partial charge in [-0.25, -0.2) is 4.39 Å². The van der Waals surface area contributed by atoms with Crippen molar-refractivity contribution >= 4 is 34.9 Å². The summed E-state index contributed by atoms with van der Waals surface area (Å²) in [6.45, 7) is 6.20. The van der Waals surface area contributed by atoms with Crippen molar-refractivity contribution in [2.75, 3.05) is 5.32 Å². The van der Waals surface area contributed by atoms with Gasteiger partial charge in [0.25, 0.3) is 0 Å². The van der Waals surface area contributed by atoms with Crippen molar-refractivity contribution in [3.05, 3.63) is 51.4 Å². The number of anilines is 1. The second kappa shape index (κ2) is 8.70. The number of aliphatic carboxylic acids is 1. The Kier molecular flexibility index (Phi) is 6.47. The normalized spacial score (nSPS) is 32.4. The maximum atomic E-state index is 15.6. The van der Waals surface area contributed by atoms with E-state index >= 15 is 4.39 Å². The molecule has 2 spiro atoms. The minimum Gasteiger partial charge on any atom is -0.480 e. The molecule has 1 aromatic rings. The van der Waals surface area contributed by atoms with Crippen LogP contribution in [0.4, 0.5) is 10.1 Å². The van der Waals surface area contributed by atoms with Crippen molar-refractivity contribution in [2.24, 2.45) is 17.1 Å². The number of aliphatic hydroxyl groups excluding tert-OH is 1. The molecule has 1 saturated heterocycles. The minimum absolute atomic E-state index is 0.0680. The third-order valence-corrected chi connectivity index (χ3v) is 8.54. The van der Waals surface area contributed by atoms with Gasteiger partial charge in [-0.2, -0.15) is 0 Å². The van der Waals surface area contributed by atoms with Gasteiger partial charge >= 0.3 is 5.97 Å². The predicted octanol–water partition coefficient (Wildman–Crippen LogP) is 5.01. The maximum absolute atomic E-state index is 15.6. The first kappa shape index (κ1) is 25.3. The summed E-state index contributed by atoms with van der Waals surface area (Å²) in [5.41, 5.74) is 5.15. The third kappa shape index (κ3) is 3.63. The van der Waals surface area contributed by atoms with Crippen molar-refractivity contribution in [1.82, 2.24) is 5.32 Å². The Morgan fingerprint density at radius 1 is 1.29 bits per heavy atom. The molecule has 2 aliphatic heterocycles. The van der Waals surface area contributed by atoms with Crippen molar-refractivity contribution in [3.8, 4) is 0 Å². The Morgan fingerprint density at radius 3 is 2.50 bits per heavy atom. The molecule has 0 amide bonds. The highest BCUT2D eigenvalue weighted by Gasteiger charge is 2.72. The Morgan fingerprint density at radius 2 is 1.94 bits per heavy atom. The lowest BCUT2D eigenvalue weighted by atomic mass is 9.53. The van der Waals surface area contributed by atoms with Crippen LogP contribution in [0.5, 0.6) is 0 Å². The zero-order chi connectivity index (χ0) is 25.1. The number of hydrogen-bond acceptors (Lipinski definition) is 5. The molecule has 2 fully saturated rings. The van der Waals surface area contributed by atoms with Crippen LogP contribution in [-0.4, -0.2) is 34.0 Å². The number of nitrogens with one attached hydrogen (secondary N) is 2. The van der Waals surface area contributed by atoms with Gasteiger partial charge in [0.2, 0.25) is 0 Å². The van der Waals surface area contributed by atoms with Gasteiger partial charge in [-0.1, -0.05) is 56.1 Å². The van der Waals surface area contributed by atoms with E-state index in [9.17, 15) is 15.0 Å². The fourth-order valence-electron chi connectivity index (χ4n) is 6.57. The molecule has 0 radical (unpaired) electrons. The van der Waals surface area contributed by atoms with E-state index in [1.165, 1.54) is 0 Å². The van der Waals surface area contributed by atoms with E-state index in [2.05, 4.69) is 24.5 Å². The van der Waals surface area contributed by atoms with E-state index in [1.54, 1.807) is 18.2 Å². The molecule has 6 nitrogen and oxygen atoms in total. The van der Waals surface area contributed by atoms with Crippen LogP contribution in [0, 0.1) is 11.3 Å². The molecule has 1 aromatic carbocycles. The van der Waals surface area contributed by atoms with Crippen LogP contribution >= 0.6 is 23.2 Å². The Hall–Kier alpha value is -1.80. The van der Waals surface area contributed by atoms with E-state index in [1.807, 2.05) is 13.0 Å². The van der Waals surface area contributed by atoms with E-state index in [0.29, 0.717) is 35.5 Å². The van der Waals surface area contributed by atoms with E-state index in [-0.39, 0.29) is 11.0 Å². The summed E-state index contributed by atoms with van der Waals surface area (Å²) in [6.07, 6.45) is 3.74. The fraction of sp³-hybridized carbons (Fsp3) is 0.560. The quantitative estimate of drug-likeness (QED) is 0.287. The number of halogens is 3. The van der Waals surface area contributed by atoms with E-state index in [4.69, 9.17) is 28.9 Å². The number of carboxylic acids is 1. The molecule has 0 bridgehead atoms. The monoisotopic (exact) mass is 511 g/mol. The predicted molar refractivity (Wildman–Crippen MR) is 132 cm³/mol. The first-order valence-electron chi connectivity index (χ1n) is 11.7. The number of benzene rings is 1. The van der Waals surface area contributed by atoms with Gasteiger partial charge in [-0.05, 0) is 60.8 Å². The summed E-state index contributed by atoms with van der Waals surface area (Å²) in [5.74, 6) is -2.96. The van der Waals surface area contributed by atoms with Gasteiger partial charge in [0.1, 0.15) is 17.4 Å². The number of fused-ring (bicyclic) bond motifs is 3. The molecule has 1 unspecified atom stereocenters. The molecule has 2 heterocycles. The zero-order valence-corrected chi connectivity index (χ0v) is 21.1. The molecule has 3 aliphatic rings. The second-order valence-corrected chi connectivity index (χ2v) is 11.4. The van der Waals surface area contributed by atoms with Crippen LogP contribution < -0.4 is 16.4 Å². The number of nitrogens with two attached hydrogens (primary N) is 1. The number of carbonyl (C=O) groups is 1. The summed E-state index contributed by atoms with van der Waals surface area (Å²) in [4.78, 5) is 12.7. The Bertz CT molecular complexity index is 1060. The van der Waals surface area contributed by atoms with Gasteiger partial charge in [0, 0.05) is 22.2 Å². The molecule has 186 valence electrons. The number of carboxylic acid groups (broad SMARTS) is 1. The van der Waals surface area contributed by atoms with Gasteiger partial charge < -0.3 is 21.3 Å². The number of hydrogen-bond donors (Lipinski definition) is 5. The molecule has 4 rings (SSSR count). The summed E-state index contributed by atoms with van der Waals surface area (Å²) >= 11 is 12.2. The van der Waals surface area contributed by atoms with Crippen LogP contribution in [0.3, 0.4) is 0 Å². The van der Waals surface area contributed by atoms with Gasteiger partial charge in [-0.15, -0.1) is 0 Å². The molecular weight excluding hydrogens is 480 g/mol. The number of rotatable bonds is 4. The van der Waals surface area contributed by atoms with Gasteiger partial charge in [-0.3, -0.25) is 10.1 Å². The second-order valence-electron chi connectivity index (χ2n) is 10.5. The van der Waals surface area contributed by atoms with Crippen molar-refractivity contribution in [2.45, 2.75) is 76.1 Å². The lowest BCUT2D eigenvalue weighted by molar-refractivity contribution is -0.140. The molecule has 1 aliphatic carbocycles. The highest BCUT2D eigenvalue weighted by Crippen LogP contribution is 2.64. The topological polar surface area (TPSA) is 108 Å². The number of aliphatic hydroxyl groups is 1. The Balaban J connectivity index is 2.06. The fourth-order valence-corrected chi connectivity index (χ4v) is 6.86. The van der Waals surface area contributed by atoms with Crippen molar-refractivity contribution < 1.29 is 19.4 Å². The third-order valence-electron chi connectivity index (χ3n) is 8.14. The van der Waals surface area contributed by atoms with Crippen molar-refractivity contribution in [1.29, 1.82) is 0 Å². The largest absolute Gasteiger partial charge is 0.480 e. The molecule has 0 aromatic heterocycles. The van der Waals surface area contributed by atoms with Crippen LogP contribution in [0.2, 0.25) is 5.02 Å². The molecule has 9 heteroatoms. The average Bonchev–Trinajstić information content (AvgIpc) is 3.21. The highest BCUT2D eigenvalue weighted by atomic mass is 35.5. The minimum atomic E-state index is -1.20. The molecule has 34 heavy (non-hydrogen) atoms. The standard InChI is InChI=1S/C25H32Cl2FN3O3/c1-4-5-14(18(28)20(27)29)17-19(21(32)33)31-24(10-8-23(2,3)9-11-24)25(17)15-7-6-13(26)12-16(15)30-22(25)34/h5-7,12,17,19,22,30-31,34H,4,8-11,29H2,1-3H3,(H,32,33)/b14-5-,20-18+/t17-,19+,22?,25+/m0/s1. The smallest absolute Gasteiger partial charge is 0.321 e. The van der Waals surface area contributed by atoms with Crippen LogP contribution in [0.25, 0.3) is 0 Å². The van der Waals surface area contributed by atoms with E-state index in [0.717, 1.165) is 12.8 Å². The van der Waals surface area contributed by atoms with Gasteiger partial charge in [0.05, 0.1) is 5.41 Å². The summed E-state index contributed by atoms with van der Waals surface area (Å²) < 4.78 is 15.6. The zero-order valence-electron chi connectivity index (χ0n) is 19.6. The van der Waals surface area contributed by atoms with Crippen molar-refractivity contribution in [3.63, 3.8) is 0 Å². The van der Waals surface area contributed by atoms with Crippen LogP contribution in [0.15, 0.2) is 40.8 Å². The first-order chi connectivity index (χ1) is 15.9. The lowest BCUT2D eigenvalue weighted by Gasteiger charge is -2.53. The molecule has 6 N–H and O–H groups in total. The first-order valence-corrected chi connectivity index (χ1v) is 12.4. The SMILES string of the molecule is CC/C=C(\C(F)=C(/N)Cl)[C@H]1[C@H](C(=O)O)NC2(CCC(C)(C)CC2)[C@]12c1ccc(Cl)cc1NC2O.